The van der Waals surface area contributed by atoms with E-state index in [1.165, 1.54) is 12.1 Å². The van der Waals surface area contributed by atoms with Gasteiger partial charge in [-0.05, 0) is 32.3 Å². The summed E-state index contributed by atoms with van der Waals surface area (Å²) in [5.74, 6) is 0.723. The Hall–Kier alpha value is -2.87. The van der Waals surface area contributed by atoms with E-state index in [1.807, 2.05) is 25.1 Å². The first kappa shape index (κ1) is 16.5. The predicted molar refractivity (Wildman–Crippen MR) is 85.3 cm³/mol. The Bertz CT molecular complexity index is 670. The Balaban J connectivity index is 1.99. The number of furan rings is 1. The van der Waals surface area contributed by atoms with E-state index in [1.54, 1.807) is 24.5 Å². The van der Waals surface area contributed by atoms with Gasteiger partial charge in [0.25, 0.3) is 5.69 Å². The summed E-state index contributed by atoms with van der Waals surface area (Å²) in [6.07, 6.45) is 1.57. The van der Waals surface area contributed by atoms with Crippen LogP contribution in [0.1, 0.15) is 11.8 Å². The number of hydrogen-bond donors (Lipinski definition) is 2. The van der Waals surface area contributed by atoms with Gasteiger partial charge >= 0.3 is 6.03 Å². The zero-order chi connectivity index (χ0) is 16.8. The lowest BCUT2D eigenvalue weighted by molar-refractivity contribution is -0.383. The van der Waals surface area contributed by atoms with Crippen LogP contribution >= 0.6 is 0 Å². The number of likely N-dealkylation sites (N-methyl/N-ethyl adjacent to an activating group) is 1. The molecule has 1 aromatic heterocycles. The molecule has 1 atom stereocenters. The van der Waals surface area contributed by atoms with Gasteiger partial charge in [0.15, 0.2) is 0 Å². The number of benzene rings is 1. The van der Waals surface area contributed by atoms with Crippen LogP contribution in [0.15, 0.2) is 47.1 Å². The Morgan fingerprint density at radius 3 is 2.65 bits per heavy atom. The third-order valence-corrected chi connectivity index (χ3v) is 3.30. The minimum Gasteiger partial charge on any atom is -0.468 e. The van der Waals surface area contributed by atoms with Gasteiger partial charge in [-0.15, -0.1) is 0 Å². The van der Waals surface area contributed by atoms with Gasteiger partial charge in [-0.25, -0.2) is 4.79 Å². The standard InChI is InChI=1S/C15H18N4O4/c1-18(2)13(14-8-5-9-23-14)10-16-15(20)17-11-6-3-4-7-12(11)19(21)22/h3-9,13H,10H2,1-2H3,(H2,16,17,20). The second-order valence-electron chi connectivity index (χ2n) is 5.10. The van der Waals surface area contributed by atoms with E-state index in [0.29, 0.717) is 6.54 Å². The van der Waals surface area contributed by atoms with Crippen molar-refractivity contribution in [2.24, 2.45) is 0 Å². The number of urea groups is 1. The van der Waals surface area contributed by atoms with Crippen LogP contribution in [0.5, 0.6) is 0 Å². The van der Waals surface area contributed by atoms with E-state index in [4.69, 9.17) is 4.42 Å². The molecule has 23 heavy (non-hydrogen) atoms. The summed E-state index contributed by atoms with van der Waals surface area (Å²) in [5.41, 5.74) is -0.00718. The number of nitrogens with one attached hydrogen (secondary N) is 2. The minimum absolute atomic E-state index is 0.137. The lowest BCUT2D eigenvalue weighted by Crippen LogP contribution is -2.36. The second kappa shape index (κ2) is 7.41. The van der Waals surface area contributed by atoms with E-state index in [2.05, 4.69) is 10.6 Å². The van der Waals surface area contributed by atoms with Crippen LogP contribution in [0.2, 0.25) is 0 Å². The molecule has 2 rings (SSSR count). The number of nitrogens with zero attached hydrogens (tertiary/aromatic N) is 2. The van der Waals surface area contributed by atoms with E-state index >= 15 is 0 Å². The summed E-state index contributed by atoms with van der Waals surface area (Å²) in [6, 6.07) is 8.92. The molecule has 2 N–H and O–H groups in total. The van der Waals surface area contributed by atoms with E-state index < -0.39 is 11.0 Å². The zero-order valence-corrected chi connectivity index (χ0v) is 12.9. The normalized spacial score (nSPS) is 12.0. The van der Waals surface area contributed by atoms with Crippen LogP contribution in [-0.4, -0.2) is 36.5 Å². The highest BCUT2D eigenvalue weighted by Gasteiger charge is 2.19. The van der Waals surface area contributed by atoms with Crippen molar-refractivity contribution in [3.63, 3.8) is 0 Å². The second-order valence-corrected chi connectivity index (χ2v) is 5.10. The maximum atomic E-state index is 12.0. The molecule has 0 aliphatic carbocycles. The highest BCUT2D eigenvalue weighted by molar-refractivity contribution is 5.91. The first-order valence-electron chi connectivity index (χ1n) is 6.97. The molecule has 1 aromatic carbocycles. The molecule has 8 nitrogen and oxygen atoms in total. The van der Waals surface area contributed by atoms with Gasteiger partial charge < -0.3 is 15.1 Å². The van der Waals surface area contributed by atoms with E-state index in [0.717, 1.165) is 5.76 Å². The Morgan fingerprint density at radius 2 is 2.04 bits per heavy atom. The van der Waals surface area contributed by atoms with Crippen molar-refractivity contribution in [1.82, 2.24) is 10.2 Å². The average molecular weight is 318 g/mol. The number of nitro benzene ring substituents is 1. The van der Waals surface area contributed by atoms with E-state index in [9.17, 15) is 14.9 Å². The molecule has 122 valence electrons. The van der Waals surface area contributed by atoms with Crippen molar-refractivity contribution >= 4 is 17.4 Å². The van der Waals surface area contributed by atoms with Gasteiger partial charge in [-0.1, -0.05) is 12.1 Å². The van der Waals surface area contributed by atoms with Gasteiger partial charge in [0.2, 0.25) is 0 Å². The van der Waals surface area contributed by atoms with Crippen LogP contribution < -0.4 is 10.6 Å². The minimum atomic E-state index is -0.541. The maximum Gasteiger partial charge on any atom is 0.319 e. The number of rotatable bonds is 6. The van der Waals surface area contributed by atoms with Gasteiger partial charge in [0.05, 0.1) is 17.2 Å². The molecule has 0 fully saturated rings. The lowest BCUT2D eigenvalue weighted by atomic mass is 10.2. The van der Waals surface area contributed by atoms with Crippen LogP contribution in [0.3, 0.4) is 0 Å². The fourth-order valence-electron chi connectivity index (χ4n) is 2.11. The highest BCUT2D eigenvalue weighted by Crippen LogP contribution is 2.23. The predicted octanol–water partition coefficient (Wildman–Crippen LogP) is 2.61. The molecule has 0 saturated carbocycles. The molecule has 0 aliphatic rings. The summed E-state index contributed by atoms with van der Waals surface area (Å²) in [6.45, 7) is 0.299. The molecule has 1 heterocycles. The van der Waals surface area contributed by atoms with Crippen molar-refractivity contribution in [3.05, 3.63) is 58.5 Å². The monoisotopic (exact) mass is 318 g/mol. The molecule has 0 bridgehead atoms. The summed E-state index contributed by atoms with van der Waals surface area (Å²) >= 11 is 0. The van der Waals surface area contributed by atoms with Crippen molar-refractivity contribution in [2.45, 2.75) is 6.04 Å². The third-order valence-electron chi connectivity index (χ3n) is 3.30. The Labute approximate surface area is 133 Å². The summed E-state index contributed by atoms with van der Waals surface area (Å²) in [5, 5.41) is 16.1. The molecule has 1 unspecified atom stereocenters. The number of anilines is 1. The maximum absolute atomic E-state index is 12.0. The molecule has 8 heteroatoms. The van der Waals surface area contributed by atoms with Crippen LogP contribution in [0, 0.1) is 10.1 Å². The number of amides is 2. The fraction of sp³-hybridized carbons (Fsp3) is 0.267. The van der Waals surface area contributed by atoms with E-state index in [-0.39, 0.29) is 17.4 Å². The molecular weight excluding hydrogens is 300 g/mol. The SMILES string of the molecule is CN(C)C(CNC(=O)Nc1ccccc1[N+](=O)[O-])c1ccco1. The molecule has 0 radical (unpaired) electrons. The number of nitro groups is 1. The van der Waals surface area contributed by atoms with Gasteiger partial charge in [0.1, 0.15) is 11.4 Å². The van der Waals surface area contributed by atoms with Crippen molar-refractivity contribution in [1.29, 1.82) is 0 Å². The molecular formula is C15H18N4O4. The number of para-hydroxylation sites is 2. The number of carbonyl (C=O) groups is 1. The third kappa shape index (κ3) is 4.30. The molecule has 2 aromatic rings. The molecule has 0 saturated heterocycles. The summed E-state index contributed by atoms with van der Waals surface area (Å²) in [7, 11) is 3.74. The van der Waals surface area contributed by atoms with Crippen molar-refractivity contribution in [3.8, 4) is 0 Å². The fourth-order valence-corrected chi connectivity index (χ4v) is 2.11. The topological polar surface area (TPSA) is 101 Å². The van der Waals surface area contributed by atoms with Crippen molar-refractivity contribution in [2.75, 3.05) is 26.0 Å². The lowest BCUT2D eigenvalue weighted by Gasteiger charge is -2.22. The van der Waals surface area contributed by atoms with Crippen molar-refractivity contribution < 1.29 is 14.1 Å². The van der Waals surface area contributed by atoms with Gasteiger partial charge in [-0.3, -0.25) is 15.0 Å². The number of carbonyl (C=O) groups excluding carboxylic acids is 1. The van der Waals surface area contributed by atoms with Crippen LogP contribution in [-0.2, 0) is 0 Å². The first-order chi connectivity index (χ1) is 11.0. The van der Waals surface area contributed by atoms with Gasteiger partial charge in [-0.2, -0.15) is 0 Å². The average Bonchev–Trinajstić information content (AvgIpc) is 3.01. The Morgan fingerprint density at radius 1 is 1.30 bits per heavy atom. The smallest absolute Gasteiger partial charge is 0.319 e. The molecule has 2 amide bonds. The first-order valence-corrected chi connectivity index (χ1v) is 6.97. The summed E-state index contributed by atoms with van der Waals surface area (Å²) < 4.78 is 5.36. The van der Waals surface area contributed by atoms with Gasteiger partial charge in [0, 0.05) is 12.6 Å². The quantitative estimate of drug-likeness (QED) is 0.630. The molecule has 0 aliphatic heterocycles. The zero-order valence-electron chi connectivity index (χ0n) is 12.9. The molecule has 0 spiro atoms. The van der Waals surface area contributed by atoms with Crippen LogP contribution in [0.4, 0.5) is 16.2 Å². The largest absolute Gasteiger partial charge is 0.468 e. The highest BCUT2D eigenvalue weighted by atomic mass is 16.6. The number of hydrogen-bond acceptors (Lipinski definition) is 5. The Kier molecular flexibility index (Phi) is 5.32. The van der Waals surface area contributed by atoms with Crippen LogP contribution in [0.25, 0.3) is 0 Å². The summed E-state index contributed by atoms with van der Waals surface area (Å²) in [4.78, 5) is 24.3.